The molecule has 1 amide bonds. The van der Waals surface area contributed by atoms with Gasteiger partial charge in [-0.15, -0.1) is 0 Å². The average Bonchev–Trinajstić information content (AvgIpc) is 3.25. The highest BCUT2D eigenvalue weighted by Gasteiger charge is 2.42. The fourth-order valence-electron chi connectivity index (χ4n) is 3.32. The van der Waals surface area contributed by atoms with Gasteiger partial charge in [0.1, 0.15) is 18.6 Å². The van der Waals surface area contributed by atoms with E-state index in [1.807, 2.05) is 18.2 Å². The maximum Gasteiger partial charge on any atom is 0.332 e. The molecule has 1 saturated heterocycles. The molecule has 1 aromatic carbocycles. The van der Waals surface area contributed by atoms with Crippen LogP contribution in [0.3, 0.4) is 0 Å². The minimum Gasteiger partial charge on any atom is -0.463 e. The number of cyclic esters (lactones) is 2. The Kier molecular flexibility index (Phi) is 8.16. The van der Waals surface area contributed by atoms with Gasteiger partial charge in [-0.1, -0.05) is 44.2 Å². The van der Waals surface area contributed by atoms with Crippen LogP contribution >= 0.6 is 11.7 Å². The summed E-state index contributed by atoms with van der Waals surface area (Å²) in [5.74, 6) is -4.56. The minimum absolute atomic E-state index is 0.169. The van der Waals surface area contributed by atoms with E-state index in [0.29, 0.717) is 11.7 Å². The molecule has 11 nitrogen and oxygen atoms in total. The molecule has 1 aromatic heterocycles. The number of amides is 1. The normalized spacial score (nSPS) is 23.2. The molecule has 0 bridgehead atoms. The molecule has 34 heavy (non-hydrogen) atoms. The van der Waals surface area contributed by atoms with Gasteiger partial charge in [-0.25, -0.2) is 4.79 Å². The van der Waals surface area contributed by atoms with Gasteiger partial charge in [-0.2, -0.15) is 4.37 Å². The number of hydrogen-bond donors (Lipinski definition) is 2. The lowest BCUT2D eigenvalue weighted by Crippen LogP contribution is -2.47. The van der Waals surface area contributed by atoms with Crippen LogP contribution in [0.2, 0.25) is 0 Å². The Morgan fingerprint density at radius 1 is 1.21 bits per heavy atom. The van der Waals surface area contributed by atoms with Gasteiger partial charge >= 0.3 is 17.9 Å². The number of aromatic nitrogens is 2. The molecular weight excluding hydrogens is 466 g/mol. The number of nitrogens with one attached hydrogen (secondary N) is 2. The van der Waals surface area contributed by atoms with Crippen LogP contribution in [0.4, 0.5) is 0 Å². The Morgan fingerprint density at radius 3 is 2.53 bits per heavy atom. The topological polar surface area (TPSA) is 154 Å². The molecule has 1 unspecified atom stereocenters. The maximum absolute atomic E-state index is 13.1. The van der Waals surface area contributed by atoms with E-state index in [2.05, 4.69) is 14.1 Å². The molecule has 2 heterocycles. The molecule has 3 rings (SSSR count). The summed E-state index contributed by atoms with van der Waals surface area (Å²) in [5, 5.41) is 2.31. The number of carbonyl (C=O) groups is 4. The third kappa shape index (κ3) is 6.07. The van der Waals surface area contributed by atoms with Crippen LogP contribution in [-0.4, -0.2) is 57.4 Å². The molecule has 2 N–H and O–H groups in total. The lowest BCUT2D eigenvalue weighted by Gasteiger charge is -2.29. The summed E-state index contributed by atoms with van der Waals surface area (Å²) < 4.78 is 22.3. The van der Waals surface area contributed by atoms with Gasteiger partial charge in [-0.05, 0) is 18.9 Å². The van der Waals surface area contributed by atoms with Crippen LogP contribution in [0, 0.1) is 11.8 Å². The van der Waals surface area contributed by atoms with Crippen LogP contribution in [0.15, 0.2) is 35.1 Å². The van der Waals surface area contributed by atoms with Gasteiger partial charge in [0.05, 0.1) is 5.92 Å². The fourth-order valence-corrected chi connectivity index (χ4v) is 3.80. The Hall–Kier alpha value is -3.54. The highest BCUT2D eigenvalue weighted by atomic mass is 32.1. The standard InChI is InChI=1S/C22H25N3O8S/c1-11(2)20(28)33-17-12(3)32-22(30)15(23-18(26)16-19(27)25-34-24-16)10-31-21(29)14(17)9-13-7-5-4-6-8-13/h4-8,11-12,14-15,17H,9-10H2,1-3H3,(H,23,26)(H,25,27)/t12-,14+,15-,17?/m0/s1. The Balaban J connectivity index is 1.87. The first-order chi connectivity index (χ1) is 16.2. The van der Waals surface area contributed by atoms with E-state index >= 15 is 0 Å². The van der Waals surface area contributed by atoms with Gasteiger partial charge in [0.25, 0.3) is 11.5 Å². The van der Waals surface area contributed by atoms with E-state index in [1.54, 1.807) is 26.0 Å². The zero-order valence-electron chi connectivity index (χ0n) is 18.8. The van der Waals surface area contributed by atoms with Crippen molar-refractivity contribution in [3.05, 3.63) is 51.9 Å². The molecule has 2 aromatic rings. The van der Waals surface area contributed by atoms with E-state index in [0.717, 1.165) is 5.56 Å². The molecule has 1 aliphatic heterocycles. The van der Waals surface area contributed by atoms with Crippen molar-refractivity contribution in [1.29, 1.82) is 0 Å². The maximum atomic E-state index is 13.1. The second-order valence-electron chi connectivity index (χ2n) is 8.11. The van der Waals surface area contributed by atoms with E-state index < -0.39 is 71.8 Å². The second-order valence-corrected chi connectivity index (χ2v) is 8.68. The SMILES string of the molecule is CC(C)C(=O)OC1[C@H](C)OC(=O)[C@@H](NC(=O)c2ns[nH]c2=O)COC(=O)[C@@H]1Cc1ccccc1. The van der Waals surface area contributed by atoms with Crippen molar-refractivity contribution in [1.82, 2.24) is 14.1 Å². The summed E-state index contributed by atoms with van der Waals surface area (Å²) in [5.41, 5.74) is -0.351. The quantitative estimate of drug-likeness (QED) is 0.442. The van der Waals surface area contributed by atoms with E-state index in [1.165, 1.54) is 6.92 Å². The molecule has 182 valence electrons. The summed E-state index contributed by atoms with van der Waals surface area (Å²) >= 11 is 0.680. The highest BCUT2D eigenvalue weighted by molar-refractivity contribution is 6.99. The molecule has 0 radical (unpaired) electrons. The smallest absolute Gasteiger partial charge is 0.332 e. The van der Waals surface area contributed by atoms with Gasteiger partial charge in [0.2, 0.25) is 5.69 Å². The number of carbonyl (C=O) groups excluding carboxylic acids is 4. The zero-order valence-corrected chi connectivity index (χ0v) is 19.6. The summed E-state index contributed by atoms with van der Waals surface area (Å²) in [6.07, 6.45) is -1.98. The number of rotatable bonds is 6. The van der Waals surface area contributed by atoms with Crippen molar-refractivity contribution in [3.63, 3.8) is 0 Å². The van der Waals surface area contributed by atoms with E-state index in [4.69, 9.17) is 14.2 Å². The number of hydrogen-bond acceptors (Lipinski definition) is 10. The molecule has 0 aliphatic carbocycles. The summed E-state index contributed by atoms with van der Waals surface area (Å²) in [4.78, 5) is 62.3. The average molecular weight is 492 g/mol. The van der Waals surface area contributed by atoms with Gasteiger partial charge in [0.15, 0.2) is 12.1 Å². The molecule has 0 spiro atoms. The number of H-pyrrole nitrogens is 1. The molecule has 4 atom stereocenters. The van der Waals surface area contributed by atoms with E-state index in [-0.39, 0.29) is 6.42 Å². The highest BCUT2D eigenvalue weighted by Crippen LogP contribution is 2.24. The van der Waals surface area contributed by atoms with Crippen molar-refractivity contribution in [2.24, 2.45) is 11.8 Å². The first-order valence-corrected chi connectivity index (χ1v) is 11.4. The largest absolute Gasteiger partial charge is 0.463 e. The second kappa shape index (κ2) is 11.1. The van der Waals surface area contributed by atoms with Crippen LogP contribution in [0.25, 0.3) is 0 Å². The van der Waals surface area contributed by atoms with Crippen LogP contribution < -0.4 is 10.9 Å². The third-order valence-electron chi connectivity index (χ3n) is 5.17. The number of esters is 3. The Labute approximate surface area is 199 Å². The van der Waals surface area contributed by atoms with Gasteiger partial charge < -0.3 is 19.5 Å². The lowest BCUT2D eigenvalue weighted by molar-refractivity contribution is -0.176. The fraction of sp³-hybridized carbons (Fsp3) is 0.455. The van der Waals surface area contributed by atoms with Crippen LogP contribution in [-0.2, 0) is 35.0 Å². The molecule has 0 saturated carbocycles. The lowest BCUT2D eigenvalue weighted by atomic mass is 9.91. The van der Waals surface area contributed by atoms with Crippen molar-refractivity contribution < 1.29 is 33.4 Å². The number of nitrogens with zero attached hydrogens (tertiary/aromatic N) is 1. The monoisotopic (exact) mass is 491 g/mol. The third-order valence-corrected chi connectivity index (χ3v) is 5.72. The molecular formula is C22H25N3O8S. The zero-order chi connectivity index (χ0) is 24.8. The van der Waals surface area contributed by atoms with Gasteiger partial charge in [0, 0.05) is 11.7 Å². The van der Waals surface area contributed by atoms with Crippen molar-refractivity contribution in [2.45, 2.75) is 45.4 Å². The van der Waals surface area contributed by atoms with Gasteiger partial charge in [-0.3, -0.25) is 23.6 Å². The first kappa shape index (κ1) is 25.1. The number of benzene rings is 1. The molecule has 1 fully saturated rings. The summed E-state index contributed by atoms with van der Waals surface area (Å²) in [7, 11) is 0. The number of aromatic amines is 1. The van der Waals surface area contributed by atoms with Crippen LogP contribution in [0.1, 0.15) is 36.8 Å². The van der Waals surface area contributed by atoms with E-state index in [9.17, 15) is 24.0 Å². The Bertz CT molecular complexity index is 1100. The predicted octanol–water partition coefficient (Wildman–Crippen LogP) is 0.845. The minimum atomic E-state index is -1.39. The van der Waals surface area contributed by atoms with Crippen molar-refractivity contribution in [3.8, 4) is 0 Å². The summed E-state index contributed by atoms with van der Waals surface area (Å²) in [6, 6.07) is 7.67. The number of ether oxygens (including phenoxy) is 3. The first-order valence-electron chi connectivity index (χ1n) is 10.6. The molecule has 12 heteroatoms. The van der Waals surface area contributed by atoms with Crippen LogP contribution in [0.5, 0.6) is 0 Å². The molecule has 1 aliphatic rings. The predicted molar refractivity (Wildman–Crippen MR) is 119 cm³/mol. The van der Waals surface area contributed by atoms with Crippen molar-refractivity contribution in [2.75, 3.05) is 6.61 Å². The van der Waals surface area contributed by atoms with Crippen molar-refractivity contribution >= 4 is 35.5 Å². The Morgan fingerprint density at radius 2 is 1.91 bits per heavy atom. The summed E-state index contributed by atoms with van der Waals surface area (Å²) in [6.45, 7) is 4.25.